The fourth-order valence-electron chi connectivity index (χ4n) is 1.91. The van der Waals surface area contributed by atoms with Crippen molar-refractivity contribution >= 4 is 39.8 Å². The molecule has 2 aromatic heterocycles. The number of nitrogens with zero attached hydrogens (tertiary/aromatic N) is 2. The average molecular weight is 289 g/mol. The summed E-state index contributed by atoms with van der Waals surface area (Å²) in [7, 11) is 0. The lowest BCUT2D eigenvalue weighted by Gasteiger charge is -2.03. The van der Waals surface area contributed by atoms with Crippen molar-refractivity contribution in [3.63, 3.8) is 0 Å². The van der Waals surface area contributed by atoms with Crippen LogP contribution in [0.3, 0.4) is 0 Å². The van der Waals surface area contributed by atoms with Gasteiger partial charge < -0.3 is 0 Å². The number of rotatable bonds is 3. The highest BCUT2D eigenvalue weighted by atomic mass is 35.5. The summed E-state index contributed by atoms with van der Waals surface area (Å²) >= 11 is 7.51. The number of carbonyl (C=O) groups is 1. The second-order valence-electron chi connectivity index (χ2n) is 4.02. The van der Waals surface area contributed by atoms with E-state index in [4.69, 9.17) is 11.6 Å². The van der Waals surface area contributed by atoms with Gasteiger partial charge in [0.25, 0.3) is 0 Å². The van der Waals surface area contributed by atoms with E-state index in [9.17, 15) is 4.79 Å². The highest BCUT2D eigenvalue weighted by molar-refractivity contribution is 7.10. The molecular formula is C14H9ClN2OS. The monoisotopic (exact) mass is 288 g/mol. The predicted octanol–water partition coefficient (Wildman–Crippen LogP) is 3.77. The highest BCUT2D eigenvalue weighted by Gasteiger charge is 2.14. The molecule has 0 aliphatic heterocycles. The Morgan fingerprint density at radius 3 is 2.84 bits per heavy atom. The molecule has 0 saturated carbocycles. The Morgan fingerprint density at radius 2 is 2.05 bits per heavy atom. The van der Waals surface area contributed by atoms with Gasteiger partial charge in [-0.1, -0.05) is 17.7 Å². The molecule has 0 aliphatic rings. The molecule has 0 saturated heterocycles. The van der Waals surface area contributed by atoms with Crippen LogP contribution in [-0.4, -0.2) is 15.8 Å². The van der Waals surface area contributed by atoms with Gasteiger partial charge in [0, 0.05) is 29.3 Å². The van der Waals surface area contributed by atoms with Crippen molar-refractivity contribution < 1.29 is 4.79 Å². The maximum atomic E-state index is 12.4. The number of halogens is 1. The van der Waals surface area contributed by atoms with Crippen LogP contribution in [0.2, 0.25) is 5.02 Å². The van der Waals surface area contributed by atoms with Gasteiger partial charge in [0.2, 0.25) is 0 Å². The smallest absolute Gasteiger partial charge is 0.170 e. The molecule has 0 fully saturated rings. The number of aromatic nitrogens is 2. The summed E-state index contributed by atoms with van der Waals surface area (Å²) in [5.74, 6) is 0.00968. The van der Waals surface area contributed by atoms with Gasteiger partial charge in [-0.2, -0.15) is 0 Å². The molecule has 19 heavy (non-hydrogen) atoms. The minimum absolute atomic E-state index is 0.00968. The first-order chi connectivity index (χ1) is 9.25. The Kier molecular flexibility index (Phi) is 3.27. The third-order valence-electron chi connectivity index (χ3n) is 2.81. The molecule has 0 bridgehead atoms. The van der Waals surface area contributed by atoms with Gasteiger partial charge in [0.15, 0.2) is 5.78 Å². The second-order valence-corrected chi connectivity index (χ2v) is 5.43. The van der Waals surface area contributed by atoms with Crippen molar-refractivity contribution in [1.82, 2.24) is 9.97 Å². The van der Waals surface area contributed by atoms with E-state index in [0.29, 0.717) is 22.5 Å². The standard InChI is InChI=1S/C14H9ClN2OS/c15-10-4-7-19-13(10)8-12(18)9-2-1-3-11-14(9)17-6-5-16-11/h1-7H,8H2. The molecule has 5 heteroatoms. The first kappa shape index (κ1) is 12.3. The average Bonchev–Trinajstić information content (AvgIpc) is 2.83. The third kappa shape index (κ3) is 2.37. The molecule has 0 spiro atoms. The minimum atomic E-state index is 0.00968. The number of benzene rings is 1. The lowest BCUT2D eigenvalue weighted by Crippen LogP contribution is -2.04. The number of hydrogen-bond donors (Lipinski definition) is 0. The lowest BCUT2D eigenvalue weighted by molar-refractivity contribution is 0.0995. The van der Waals surface area contributed by atoms with Gasteiger partial charge >= 0.3 is 0 Å². The molecule has 0 amide bonds. The normalized spacial score (nSPS) is 10.8. The van der Waals surface area contributed by atoms with Crippen LogP contribution in [0, 0.1) is 0 Å². The van der Waals surface area contributed by atoms with Gasteiger partial charge in [-0.3, -0.25) is 14.8 Å². The van der Waals surface area contributed by atoms with Gasteiger partial charge in [-0.25, -0.2) is 0 Å². The van der Waals surface area contributed by atoms with Crippen LogP contribution in [-0.2, 0) is 6.42 Å². The van der Waals surface area contributed by atoms with E-state index in [1.807, 2.05) is 17.5 Å². The van der Waals surface area contributed by atoms with Crippen molar-refractivity contribution in [3.05, 3.63) is 57.5 Å². The van der Waals surface area contributed by atoms with Crippen molar-refractivity contribution in [3.8, 4) is 0 Å². The van der Waals surface area contributed by atoms with Gasteiger partial charge in [0.05, 0.1) is 16.1 Å². The summed E-state index contributed by atoms with van der Waals surface area (Å²) in [4.78, 5) is 21.7. The second kappa shape index (κ2) is 5.07. The van der Waals surface area contributed by atoms with E-state index in [0.717, 1.165) is 10.4 Å². The molecule has 94 valence electrons. The van der Waals surface area contributed by atoms with E-state index in [-0.39, 0.29) is 5.78 Å². The third-order valence-corrected chi connectivity index (χ3v) is 4.20. The summed E-state index contributed by atoms with van der Waals surface area (Å²) in [5, 5.41) is 2.53. The topological polar surface area (TPSA) is 42.9 Å². The maximum Gasteiger partial charge on any atom is 0.170 e. The SMILES string of the molecule is O=C(Cc1sccc1Cl)c1cccc2nccnc12. The van der Waals surface area contributed by atoms with Crippen molar-refractivity contribution in [2.45, 2.75) is 6.42 Å². The number of carbonyl (C=O) groups excluding carboxylic acids is 1. The highest BCUT2D eigenvalue weighted by Crippen LogP contribution is 2.24. The molecule has 0 unspecified atom stereocenters. The van der Waals surface area contributed by atoms with Crippen LogP contribution in [0.25, 0.3) is 11.0 Å². The van der Waals surface area contributed by atoms with Crippen LogP contribution < -0.4 is 0 Å². The van der Waals surface area contributed by atoms with E-state index >= 15 is 0 Å². The molecule has 0 atom stereocenters. The molecule has 3 nitrogen and oxygen atoms in total. The first-order valence-corrected chi connectivity index (χ1v) is 6.96. The van der Waals surface area contributed by atoms with Crippen LogP contribution in [0.15, 0.2) is 42.0 Å². The molecule has 3 aromatic rings. The summed E-state index contributed by atoms with van der Waals surface area (Å²) in [6, 6.07) is 7.25. The summed E-state index contributed by atoms with van der Waals surface area (Å²) in [5.41, 5.74) is 1.96. The number of para-hydroxylation sites is 1. The number of ketones is 1. The molecule has 0 aliphatic carbocycles. The van der Waals surface area contributed by atoms with Gasteiger partial charge in [-0.15, -0.1) is 11.3 Å². The zero-order chi connectivity index (χ0) is 13.2. The zero-order valence-corrected chi connectivity index (χ0v) is 11.4. The fraction of sp³-hybridized carbons (Fsp3) is 0.0714. The van der Waals surface area contributed by atoms with Crippen molar-refractivity contribution in [2.24, 2.45) is 0 Å². The van der Waals surface area contributed by atoms with Crippen molar-refractivity contribution in [2.75, 3.05) is 0 Å². The van der Waals surface area contributed by atoms with E-state index in [1.54, 1.807) is 24.5 Å². The Labute approximate surface area is 118 Å². The summed E-state index contributed by atoms with van der Waals surface area (Å²) in [6.07, 6.45) is 3.51. The number of thiophene rings is 1. The zero-order valence-electron chi connectivity index (χ0n) is 9.84. The van der Waals surface area contributed by atoms with Crippen molar-refractivity contribution in [1.29, 1.82) is 0 Å². The van der Waals surface area contributed by atoms with Crippen LogP contribution in [0.4, 0.5) is 0 Å². The minimum Gasteiger partial charge on any atom is -0.294 e. The summed E-state index contributed by atoms with van der Waals surface area (Å²) in [6.45, 7) is 0. The fourth-order valence-corrected chi connectivity index (χ4v) is 3.01. The quantitative estimate of drug-likeness (QED) is 0.689. The first-order valence-electron chi connectivity index (χ1n) is 5.70. The molecule has 1 aromatic carbocycles. The predicted molar refractivity (Wildman–Crippen MR) is 76.9 cm³/mol. The van der Waals surface area contributed by atoms with E-state index in [2.05, 4.69) is 9.97 Å². The molecule has 2 heterocycles. The Bertz CT molecular complexity index is 749. The largest absolute Gasteiger partial charge is 0.294 e. The molecule has 3 rings (SSSR count). The van der Waals surface area contributed by atoms with E-state index < -0.39 is 0 Å². The summed E-state index contributed by atoms with van der Waals surface area (Å²) < 4.78 is 0. The van der Waals surface area contributed by atoms with E-state index in [1.165, 1.54) is 11.3 Å². The number of hydrogen-bond acceptors (Lipinski definition) is 4. The Balaban J connectivity index is 2.00. The molecular weight excluding hydrogens is 280 g/mol. The Hall–Kier alpha value is -1.78. The van der Waals surface area contributed by atoms with Crippen LogP contribution in [0.5, 0.6) is 0 Å². The Morgan fingerprint density at radius 1 is 1.21 bits per heavy atom. The van der Waals surface area contributed by atoms with Gasteiger partial charge in [0.1, 0.15) is 0 Å². The molecule has 0 N–H and O–H groups in total. The number of Topliss-reactive ketones (excluding diaryl/α,β-unsaturated/α-hetero) is 1. The van der Waals surface area contributed by atoms with Crippen LogP contribution in [0.1, 0.15) is 15.2 Å². The lowest BCUT2D eigenvalue weighted by atomic mass is 10.1. The number of fused-ring (bicyclic) bond motifs is 1. The van der Waals surface area contributed by atoms with Crippen LogP contribution >= 0.6 is 22.9 Å². The van der Waals surface area contributed by atoms with Gasteiger partial charge in [-0.05, 0) is 23.6 Å². The maximum absolute atomic E-state index is 12.4. The molecule has 0 radical (unpaired) electrons.